The minimum absolute atomic E-state index is 0.0423. The van der Waals surface area contributed by atoms with Gasteiger partial charge in [-0.3, -0.25) is 9.69 Å². The quantitative estimate of drug-likeness (QED) is 0.787. The molecule has 0 N–H and O–H groups in total. The molecule has 0 spiro atoms. The molecule has 0 radical (unpaired) electrons. The first-order valence-electron chi connectivity index (χ1n) is 7.84. The van der Waals surface area contributed by atoms with Crippen LogP contribution >= 0.6 is 0 Å². The van der Waals surface area contributed by atoms with Crippen LogP contribution in [0.3, 0.4) is 0 Å². The molecule has 3 aliphatic rings. The monoisotopic (exact) mass is 291 g/mol. The Hall–Kier alpha value is -1.43. The summed E-state index contributed by atoms with van der Waals surface area (Å²) < 4.78 is 10.4. The smallest absolute Gasteiger partial charge is 0.313 e. The molecule has 0 aromatic carbocycles. The van der Waals surface area contributed by atoms with E-state index in [-0.39, 0.29) is 11.4 Å². The predicted molar refractivity (Wildman–Crippen MR) is 73.3 cm³/mol. The van der Waals surface area contributed by atoms with Crippen molar-refractivity contribution in [2.45, 2.75) is 44.6 Å². The molecule has 6 heteroatoms. The van der Waals surface area contributed by atoms with Crippen molar-refractivity contribution in [3.05, 3.63) is 11.7 Å². The first kappa shape index (κ1) is 13.2. The normalized spacial score (nSPS) is 32.3. The first-order valence-corrected chi connectivity index (χ1v) is 7.84. The zero-order valence-electron chi connectivity index (χ0n) is 12.4. The molecule has 1 saturated heterocycles. The van der Waals surface area contributed by atoms with Gasteiger partial charge in [0.1, 0.15) is 0 Å². The number of rotatable bonds is 4. The van der Waals surface area contributed by atoms with E-state index in [1.165, 1.54) is 20.0 Å². The molecular formula is C15H21N3O3. The van der Waals surface area contributed by atoms with Crippen LogP contribution in [0.15, 0.2) is 4.52 Å². The van der Waals surface area contributed by atoms with Gasteiger partial charge in [-0.15, -0.1) is 0 Å². The molecule has 114 valence electrons. The molecule has 2 saturated carbocycles. The van der Waals surface area contributed by atoms with E-state index in [1.807, 2.05) is 0 Å². The maximum Gasteiger partial charge on any atom is 0.313 e. The van der Waals surface area contributed by atoms with Crippen molar-refractivity contribution in [3.8, 4) is 0 Å². The van der Waals surface area contributed by atoms with Gasteiger partial charge in [0.25, 0.3) is 0 Å². The van der Waals surface area contributed by atoms with Gasteiger partial charge in [-0.25, -0.2) is 0 Å². The van der Waals surface area contributed by atoms with Gasteiger partial charge in [0.2, 0.25) is 5.89 Å². The fourth-order valence-corrected chi connectivity index (χ4v) is 4.08. The number of aromatic nitrogens is 2. The molecule has 1 aromatic heterocycles. The third kappa shape index (κ3) is 2.16. The lowest BCUT2D eigenvalue weighted by atomic mass is 9.81. The Kier molecular flexibility index (Phi) is 3.03. The van der Waals surface area contributed by atoms with Gasteiger partial charge in [-0.1, -0.05) is 11.6 Å². The molecule has 6 nitrogen and oxygen atoms in total. The second kappa shape index (κ2) is 4.80. The summed E-state index contributed by atoms with van der Waals surface area (Å²) in [6, 6.07) is 0. The molecule has 1 aromatic rings. The molecule has 0 bridgehead atoms. The van der Waals surface area contributed by atoms with E-state index in [4.69, 9.17) is 9.26 Å². The maximum absolute atomic E-state index is 12.2. The summed E-state index contributed by atoms with van der Waals surface area (Å²) in [6.45, 7) is 2.37. The number of methoxy groups -OCH3 is 1. The standard InChI is InChI=1S/C15H21N3O3/c1-20-14(19)15-6-2-3-11(15)7-18(9-15)8-12-16-13(21-17-12)10-4-5-10/h10-11H,2-9H2,1H3. The topological polar surface area (TPSA) is 68.5 Å². The van der Waals surface area contributed by atoms with Gasteiger partial charge in [0, 0.05) is 19.0 Å². The van der Waals surface area contributed by atoms with E-state index in [0.29, 0.717) is 18.4 Å². The number of fused-ring (bicyclic) bond motifs is 1. The Bertz CT molecular complexity index is 554. The molecule has 3 fully saturated rings. The van der Waals surface area contributed by atoms with Gasteiger partial charge < -0.3 is 9.26 Å². The highest BCUT2D eigenvalue weighted by atomic mass is 16.5. The van der Waals surface area contributed by atoms with E-state index >= 15 is 0 Å². The fourth-order valence-electron chi connectivity index (χ4n) is 4.08. The summed E-state index contributed by atoms with van der Waals surface area (Å²) in [7, 11) is 1.50. The number of carbonyl (C=O) groups is 1. The maximum atomic E-state index is 12.2. The van der Waals surface area contributed by atoms with Gasteiger partial charge in [0.05, 0.1) is 19.1 Å². The van der Waals surface area contributed by atoms with Crippen LogP contribution in [0.5, 0.6) is 0 Å². The van der Waals surface area contributed by atoms with Crippen LogP contribution in [0, 0.1) is 11.3 Å². The van der Waals surface area contributed by atoms with E-state index in [2.05, 4.69) is 15.0 Å². The predicted octanol–water partition coefficient (Wildman–Crippen LogP) is 1.72. The third-order valence-corrected chi connectivity index (χ3v) is 5.31. The Balaban J connectivity index is 1.46. The van der Waals surface area contributed by atoms with Crippen molar-refractivity contribution >= 4 is 5.97 Å². The van der Waals surface area contributed by atoms with Gasteiger partial charge in [-0.2, -0.15) is 4.98 Å². The second-order valence-corrected chi connectivity index (χ2v) is 6.73. The summed E-state index contributed by atoms with van der Waals surface area (Å²) in [5, 5.41) is 4.08. The van der Waals surface area contributed by atoms with Crippen LogP contribution in [-0.2, 0) is 16.1 Å². The van der Waals surface area contributed by atoms with E-state index in [9.17, 15) is 4.79 Å². The van der Waals surface area contributed by atoms with Crippen LogP contribution in [0.25, 0.3) is 0 Å². The molecule has 2 unspecified atom stereocenters. The first-order chi connectivity index (χ1) is 10.2. The average molecular weight is 291 g/mol. The minimum atomic E-state index is -0.294. The molecule has 21 heavy (non-hydrogen) atoms. The zero-order valence-corrected chi connectivity index (χ0v) is 12.4. The third-order valence-electron chi connectivity index (χ3n) is 5.31. The Labute approximate surface area is 123 Å². The van der Waals surface area contributed by atoms with E-state index in [1.54, 1.807) is 0 Å². The van der Waals surface area contributed by atoms with Crippen LogP contribution in [0.2, 0.25) is 0 Å². The van der Waals surface area contributed by atoms with Crippen molar-refractivity contribution in [2.24, 2.45) is 11.3 Å². The fraction of sp³-hybridized carbons (Fsp3) is 0.800. The van der Waals surface area contributed by atoms with Crippen molar-refractivity contribution in [3.63, 3.8) is 0 Å². The molecular weight excluding hydrogens is 270 g/mol. The molecule has 0 amide bonds. The van der Waals surface area contributed by atoms with Crippen LogP contribution in [0.1, 0.15) is 49.7 Å². The van der Waals surface area contributed by atoms with Crippen molar-refractivity contribution in [1.82, 2.24) is 15.0 Å². The number of likely N-dealkylation sites (tertiary alicyclic amines) is 1. The summed E-state index contributed by atoms with van der Waals surface area (Å²) in [5.74, 6) is 2.40. The SMILES string of the molecule is COC(=O)C12CCCC1CN(Cc1noc(C3CC3)n1)C2. The highest BCUT2D eigenvalue weighted by Crippen LogP contribution is 2.49. The van der Waals surface area contributed by atoms with Crippen LogP contribution in [-0.4, -0.2) is 41.2 Å². The number of nitrogens with zero attached hydrogens (tertiary/aromatic N) is 3. The Morgan fingerprint density at radius 2 is 2.33 bits per heavy atom. The Morgan fingerprint density at radius 1 is 1.48 bits per heavy atom. The van der Waals surface area contributed by atoms with Gasteiger partial charge in [0.15, 0.2) is 5.82 Å². The zero-order chi connectivity index (χ0) is 14.4. The summed E-state index contributed by atoms with van der Waals surface area (Å²) in [6.07, 6.45) is 5.52. The largest absolute Gasteiger partial charge is 0.469 e. The molecule has 4 rings (SSSR count). The average Bonchev–Trinajstić information content (AvgIpc) is 2.93. The number of carbonyl (C=O) groups excluding carboxylic acids is 1. The number of ether oxygens (including phenoxy) is 1. The van der Waals surface area contributed by atoms with Crippen LogP contribution in [0.4, 0.5) is 0 Å². The highest BCUT2D eigenvalue weighted by Gasteiger charge is 2.55. The van der Waals surface area contributed by atoms with Crippen molar-refractivity contribution < 1.29 is 14.1 Å². The second-order valence-electron chi connectivity index (χ2n) is 6.73. The number of esters is 1. The molecule has 2 aliphatic carbocycles. The van der Waals surface area contributed by atoms with Gasteiger partial charge in [-0.05, 0) is 31.6 Å². The summed E-state index contributed by atoms with van der Waals surface area (Å²) in [4.78, 5) is 19.0. The Morgan fingerprint density at radius 3 is 3.10 bits per heavy atom. The highest BCUT2D eigenvalue weighted by molar-refractivity contribution is 5.78. The van der Waals surface area contributed by atoms with Crippen LogP contribution < -0.4 is 0 Å². The lowest BCUT2D eigenvalue weighted by Crippen LogP contribution is -2.36. The summed E-state index contributed by atoms with van der Waals surface area (Å²) >= 11 is 0. The molecule has 1 aliphatic heterocycles. The van der Waals surface area contributed by atoms with E-state index in [0.717, 1.165) is 44.1 Å². The lowest BCUT2D eigenvalue weighted by Gasteiger charge is -2.25. The van der Waals surface area contributed by atoms with Gasteiger partial charge >= 0.3 is 5.97 Å². The van der Waals surface area contributed by atoms with Crippen molar-refractivity contribution in [2.75, 3.05) is 20.2 Å². The minimum Gasteiger partial charge on any atom is -0.469 e. The van der Waals surface area contributed by atoms with E-state index < -0.39 is 0 Å². The lowest BCUT2D eigenvalue weighted by molar-refractivity contribution is -0.153. The molecule has 2 heterocycles. The van der Waals surface area contributed by atoms with Crippen molar-refractivity contribution in [1.29, 1.82) is 0 Å². The summed E-state index contributed by atoms with van der Waals surface area (Å²) in [5.41, 5.74) is -0.294. The number of hydrogen-bond acceptors (Lipinski definition) is 6. The molecule has 2 atom stereocenters. The number of hydrogen-bond donors (Lipinski definition) is 0.